The van der Waals surface area contributed by atoms with Gasteiger partial charge in [-0.2, -0.15) is 0 Å². The second-order valence-corrected chi connectivity index (χ2v) is 5.07. The molecule has 0 aromatic heterocycles. The number of benzene rings is 1. The molecule has 106 valence electrons. The van der Waals surface area contributed by atoms with Crippen LogP contribution in [-0.4, -0.2) is 19.2 Å². The van der Waals surface area contributed by atoms with Crippen LogP contribution in [0.4, 0.5) is 8.78 Å². The van der Waals surface area contributed by atoms with Gasteiger partial charge in [-0.3, -0.25) is 0 Å². The van der Waals surface area contributed by atoms with Crippen molar-refractivity contribution in [2.75, 3.05) is 13.2 Å². The van der Waals surface area contributed by atoms with E-state index in [0.717, 1.165) is 6.54 Å². The molecule has 2 rings (SSSR count). The van der Waals surface area contributed by atoms with Crippen molar-refractivity contribution >= 4 is 0 Å². The van der Waals surface area contributed by atoms with E-state index >= 15 is 0 Å². The predicted molar refractivity (Wildman–Crippen MR) is 71.3 cm³/mol. The van der Waals surface area contributed by atoms with Crippen LogP contribution in [0.25, 0.3) is 0 Å². The minimum absolute atomic E-state index is 0.173. The van der Waals surface area contributed by atoms with Crippen molar-refractivity contribution in [1.29, 1.82) is 0 Å². The van der Waals surface area contributed by atoms with E-state index in [1.54, 1.807) is 0 Å². The van der Waals surface area contributed by atoms with Crippen LogP contribution >= 0.6 is 0 Å². The third kappa shape index (κ3) is 3.66. The van der Waals surface area contributed by atoms with Gasteiger partial charge in [-0.25, -0.2) is 8.78 Å². The molecular formula is C15H21F2NO. The fraction of sp³-hybridized carbons (Fsp3) is 0.600. The molecule has 0 amide bonds. The Morgan fingerprint density at radius 1 is 1.26 bits per heavy atom. The Morgan fingerprint density at radius 3 is 2.47 bits per heavy atom. The van der Waals surface area contributed by atoms with Crippen molar-refractivity contribution in [1.82, 2.24) is 5.32 Å². The normalized spacial score (nSPS) is 17.6. The van der Waals surface area contributed by atoms with Crippen LogP contribution in [0, 0.1) is 17.6 Å². The molecule has 19 heavy (non-hydrogen) atoms. The summed E-state index contributed by atoms with van der Waals surface area (Å²) < 4.78 is 32.3. The van der Waals surface area contributed by atoms with Gasteiger partial charge in [0.1, 0.15) is 6.61 Å². The lowest BCUT2D eigenvalue weighted by Gasteiger charge is -2.24. The Kier molecular flexibility index (Phi) is 5.14. The van der Waals surface area contributed by atoms with Gasteiger partial charge < -0.3 is 10.1 Å². The van der Waals surface area contributed by atoms with Crippen molar-refractivity contribution in [3.05, 3.63) is 29.8 Å². The quantitative estimate of drug-likeness (QED) is 0.853. The molecule has 1 aromatic carbocycles. The molecule has 1 fully saturated rings. The van der Waals surface area contributed by atoms with E-state index < -0.39 is 11.6 Å². The van der Waals surface area contributed by atoms with Gasteiger partial charge in [-0.05, 0) is 37.4 Å². The topological polar surface area (TPSA) is 21.3 Å². The minimum atomic E-state index is -0.637. The fourth-order valence-electron chi connectivity index (χ4n) is 2.78. The van der Waals surface area contributed by atoms with Gasteiger partial charge >= 0.3 is 0 Å². The van der Waals surface area contributed by atoms with Crippen LogP contribution in [0.2, 0.25) is 0 Å². The number of para-hydroxylation sites is 1. The molecule has 0 saturated heterocycles. The highest BCUT2D eigenvalue weighted by molar-refractivity contribution is 5.26. The molecule has 1 unspecified atom stereocenters. The minimum Gasteiger partial charge on any atom is -0.486 e. The smallest absolute Gasteiger partial charge is 0.190 e. The molecule has 0 heterocycles. The molecule has 0 radical (unpaired) electrons. The average Bonchev–Trinajstić information content (AvgIpc) is 2.90. The molecule has 1 aromatic rings. The van der Waals surface area contributed by atoms with Crippen molar-refractivity contribution in [2.45, 2.75) is 38.6 Å². The molecule has 4 heteroatoms. The lowest BCUT2D eigenvalue weighted by molar-refractivity contribution is 0.205. The number of nitrogens with one attached hydrogen (secondary N) is 1. The third-order valence-corrected chi connectivity index (χ3v) is 3.76. The van der Waals surface area contributed by atoms with E-state index in [1.165, 1.54) is 43.9 Å². The summed E-state index contributed by atoms with van der Waals surface area (Å²) in [6.07, 6.45) is 4.81. The molecule has 1 atom stereocenters. The molecule has 0 aliphatic heterocycles. The van der Waals surface area contributed by atoms with E-state index in [2.05, 4.69) is 5.32 Å². The highest BCUT2D eigenvalue weighted by atomic mass is 19.1. The first-order valence-electron chi connectivity index (χ1n) is 7.02. The molecule has 1 N–H and O–H groups in total. The standard InChI is InChI=1S/C15H21F2NO/c1-2-18-14(11-6-3-4-7-11)10-19-15-12(16)8-5-9-13(15)17/h5,8-9,11,14,18H,2-4,6-7,10H2,1H3. The molecular weight excluding hydrogens is 248 g/mol. The third-order valence-electron chi connectivity index (χ3n) is 3.76. The summed E-state index contributed by atoms with van der Waals surface area (Å²) in [6, 6.07) is 3.95. The number of rotatable bonds is 6. The number of hydrogen-bond donors (Lipinski definition) is 1. The van der Waals surface area contributed by atoms with E-state index in [1.807, 2.05) is 6.92 Å². The van der Waals surface area contributed by atoms with Gasteiger partial charge in [-0.1, -0.05) is 25.8 Å². The van der Waals surface area contributed by atoms with Crippen LogP contribution < -0.4 is 10.1 Å². The van der Waals surface area contributed by atoms with E-state index in [0.29, 0.717) is 12.5 Å². The van der Waals surface area contributed by atoms with E-state index in [9.17, 15) is 8.78 Å². The summed E-state index contributed by atoms with van der Waals surface area (Å²) >= 11 is 0. The molecule has 1 aliphatic rings. The first kappa shape index (κ1) is 14.3. The van der Waals surface area contributed by atoms with E-state index in [-0.39, 0.29) is 11.8 Å². The molecule has 1 saturated carbocycles. The predicted octanol–water partition coefficient (Wildman–Crippen LogP) is 3.51. The number of ether oxygens (including phenoxy) is 1. The van der Waals surface area contributed by atoms with Gasteiger partial charge in [0.25, 0.3) is 0 Å². The lowest BCUT2D eigenvalue weighted by atomic mass is 9.99. The fourth-order valence-corrected chi connectivity index (χ4v) is 2.78. The largest absolute Gasteiger partial charge is 0.486 e. The Balaban J connectivity index is 1.98. The van der Waals surface area contributed by atoms with Crippen molar-refractivity contribution in [3.8, 4) is 5.75 Å². The zero-order chi connectivity index (χ0) is 13.7. The summed E-state index contributed by atoms with van der Waals surface area (Å²) in [6.45, 7) is 3.19. The highest BCUT2D eigenvalue weighted by Crippen LogP contribution is 2.29. The Bertz CT molecular complexity index is 385. The lowest BCUT2D eigenvalue weighted by Crippen LogP contribution is -2.40. The van der Waals surface area contributed by atoms with Crippen LogP contribution in [0.5, 0.6) is 5.75 Å². The monoisotopic (exact) mass is 269 g/mol. The summed E-state index contributed by atoms with van der Waals surface area (Å²) in [7, 11) is 0. The van der Waals surface area contributed by atoms with Crippen LogP contribution in [0.15, 0.2) is 18.2 Å². The first-order chi connectivity index (χ1) is 9.22. The SMILES string of the molecule is CCNC(COc1c(F)cccc1F)C1CCCC1. The highest BCUT2D eigenvalue weighted by Gasteiger charge is 2.25. The number of likely N-dealkylation sites (N-methyl/N-ethyl adjacent to an activating group) is 1. The van der Waals surface area contributed by atoms with E-state index in [4.69, 9.17) is 4.74 Å². The maximum atomic E-state index is 13.5. The first-order valence-corrected chi connectivity index (χ1v) is 7.02. The zero-order valence-corrected chi connectivity index (χ0v) is 11.3. The Labute approximate surface area is 113 Å². The maximum Gasteiger partial charge on any atom is 0.190 e. The number of hydrogen-bond acceptors (Lipinski definition) is 2. The molecule has 1 aliphatic carbocycles. The van der Waals surface area contributed by atoms with Gasteiger partial charge in [-0.15, -0.1) is 0 Å². The van der Waals surface area contributed by atoms with Crippen molar-refractivity contribution in [2.24, 2.45) is 5.92 Å². The summed E-state index contributed by atoms with van der Waals surface area (Å²) in [4.78, 5) is 0. The van der Waals surface area contributed by atoms with Gasteiger partial charge in [0.05, 0.1) is 0 Å². The maximum absolute atomic E-state index is 13.5. The Morgan fingerprint density at radius 2 is 1.89 bits per heavy atom. The summed E-state index contributed by atoms with van der Waals surface area (Å²) in [5, 5.41) is 3.36. The molecule has 0 bridgehead atoms. The van der Waals surface area contributed by atoms with Crippen LogP contribution in [0.1, 0.15) is 32.6 Å². The van der Waals surface area contributed by atoms with Crippen molar-refractivity contribution in [3.63, 3.8) is 0 Å². The average molecular weight is 269 g/mol. The van der Waals surface area contributed by atoms with Gasteiger partial charge in [0, 0.05) is 6.04 Å². The second-order valence-electron chi connectivity index (χ2n) is 5.07. The summed E-state index contributed by atoms with van der Waals surface area (Å²) in [5.41, 5.74) is 0. The van der Waals surface area contributed by atoms with Crippen LogP contribution in [0.3, 0.4) is 0 Å². The van der Waals surface area contributed by atoms with Gasteiger partial charge in [0.2, 0.25) is 0 Å². The van der Waals surface area contributed by atoms with Crippen molar-refractivity contribution < 1.29 is 13.5 Å². The molecule has 2 nitrogen and oxygen atoms in total. The molecule has 0 spiro atoms. The summed E-state index contributed by atoms with van der Waals surface area (Å²) in [5.74, 6) is -0.985. The zero-order valence-electron chi connectivity index (χ0n) is 11.3. The van der Waals surface area contributed by atoms with Gasteiger partial charge in [0.15, 0.2) is 17.4 Å². The second kappa shape index (κ2) is 6.85. The number of halogens is 2. The Hall–Kier alpha value is -1.16. The van der Waals surface area contributed by atoms with Crippen LogP contribution in [-0.2, 0) is 0 Å².